The SMILES string of the molecule is COc1cc(-c2ccc(S(C)(=O)=O)cc2)c(-c2ccc(C)cc2)c(C(F)(F)F)n1. The lowest BCUT2D eigenvalue weighted by Crippen LogP contribution is -2.12. The van der Waals surface area contributed by atoms with E-state index < -0.39 is 21.7 Å². The van der Waals surface area contributed by atoms with Crippen molar-refractivity contribution in [3.8, 4) is 28.1 Å². The van der Waals surface area contributed by atoms with Gasteiger partial charge in [-0.25, -0.2) is 13.4 Å². The summed E-state index contributed by atoms with van der Waals surface area (Å²) in [5.41, 5.74) is 0.753. The van der Waals surface area contributed by atoms with Crippen LogP contribution in [0.4, 0.5) is 13.2 Å². The summed E-state index contributed by atoms with van der Waals surface area (Å²) in [7, 11) is -2.19. The number of rotatable bonds is 4. The lowest BCUT2D eigenvalue weighted by molar-refractivity contribution is -0.140. The molecule has 3 aromatic rings. The molecule has 0 saturated carbocycles. The highest BCUT2D eigenvalue weighted by Crippen LogP contribution is 2.43. The van der Waals surface area contributed by atoms with Crippen LogP contribution in [0, 0.1) is 6.92 Å². The van der Waals surface area contributed by atoms with Gasteiger partial charge in [0.2, 0.25) is 5.88 Å². The molecule has 152 valence electrons. The number of hydrogen-bond donors (Lipinski definition) is 0. The number of aryl methyl sites for hydroxylation is 1. The first kappa shape index (κ1) is 20.9. The molecule has 0 atom stereocenters. The van der Waals surface area contributed by atoms with Crippen molar-refractivity contribution in [2.75, 3.05) is 13.4 Å². The number of ether oxygens (including phenoxy) is 1. The van der Waals surface area contributed by atoms with E-state index in [1.165, 1.54) is 37.4 Å². The van der Waals surface area contributed by atoms with Gasteiger partial charge in [-0.15, -0.1) is 0 Å². The van der Waals surface area contributed by atoms with E-state index >= 15 is 0 Å². The van der Waals surface area contributed by atoms with Crippen LogP contribution in [0.1, 0.15) is 11.3 Å². The Balaban J connectivity index is 2.33. The summed E-state index contributed by atoms with van der Waals surface area (Å²) in [5, 5.41) is 0. The van der Waals surface area contributed by atoms with Gasteiger partial charge in [-0.05, 0) is 35.7 Å². The maximum Gasteiger partial charge on any atom is 0.434 e. The number of aromatic nitrogens is 1. The summed E-state index contributed by atoms with van der Waals surface area (Å²) >= 11 is 0. The Hall–Kier alpha value is -2.87. The first-order chi connectivity index (χ1) is 13.5. The number of hydrogen-bond acceptors (Lipinski definition) is 4. The van der Waals surface area contributed by atoms with Gasteiger partial charge in [-0.2, -0.15) is 13.2 Å². The standard InChI is InChI=1S/C21H18F3NO3S/c1-13-4-6-15(7-5-13)19-17(12-18(28-2)25-20(19)21(22,23)24)14-8-10-16(11-9-14)29(3,26)27/h4-12H,1-3H3. The fourth-order valence-corrected chi connectivity index (χ4v) is 3.58. The third kappa shape index (κ3) is 4.42. The zero-order chi connectivity index (χ0) is 21.4. The predicted molar refractivity (Wildman–Crippen MR) is 105 cm³/mol. The van der Waals surface area contributed by atoms with E-state index in [2.05, 4.69) is 4.98 Å². The molecule has 4 nitrogen and oxygen atoms in total. The smallest absolute Gasteiger partial charge is 0.434 e. The Morgan fingerprint density at radius 3 is 1.97 bits per heavy atom. The van der Waals surface area contributed by atoms with Gasteiger partial charge in [0, 0.05) is 17.9 Å². The molecule has 0 fully saturated rings. The van der Waals surface area contributed by atoms with E-state index in [1.54, 1.807) is 24.3 Å². The van der Waals surface area contributed by atoms with Gasteiger partial charge in [-0.1, -0.05) is 42.0 Å². The third-order valence-corrected chi connectivity index (χ3v) is 5.54. The zero-order valence-electron chi connectivity index (χ0n) is 15.9. The predicted octanol–water partition coefficient (Wildman–Crippen LogP) is 5.15. The summed E-state index contributed by atoms with van der Waals surface area (Å²) in [4.78, 5) is 3.74. The van der Waals surface area contributed by atoms with Crippen molar-refractivity contribution in [2.45, 2.75) is 18.0 Å². The van der Waals surface area contributed by atoms with Crippen LogP contribution >= 0.6 is 0 Å². The molecule has 1 heterocycles. The van der Waals surface area contributed by atoms with E-state index in [1.807, 2.05) is 6.92 Å². The Kier molecular flexibility index (Phi) is 5.40. The van der Waals surface area contributed by atoms with Gasteiger partial charge in [0.15, 0.2) is 15.5 Å². The second kappa shape index (κ2) is 7.51. The third-order valence-electron chi connectivity index (χ3n) is 4.41. The van der Waals surface area contributed by atoms with Crippen molar-refractivity contribution in [2.24, 2.45) is 0 Å². The molecule has 0 amide bonds. The molecule has 0 bridgehead atoms. The topological polar surface area (TPSA) is 56.3 Å². The van der Waals surface area contributed by atoms with Crippen molar-refractivity contribution in [3.63, 3.8) is 0 Å². The minimum atomic E-state index is -4.71. The second-order valence-electron chi connectivity index (χ2n) is 6.60. The van der Waals surface area contributed by atoms with Gasteiger partial charge in [-0.3, -0.25) is 0 Å². The largest absolute Gasteiger partial charge is 0.481 e. The molecule has 0 unspecified atom stereocenters. The molecule has 2 aromatic carbocycles. The lowest BCUT2D eigenvalue weighted by Gasteiger charge is -2.18. The molecular weight excluding hydrogens is 403 g/mol. The van der Waals surface area contributed by atoms with Crippen molar-refractivity contribution >= 4 is 9.84 Å². The molecule has 1 aromatic heterocycles. The van der Waals surface area contributed by atoms with Crippen LogP contribution in [0.25, 0.3) is 22.3 Å². The Bertz CT molecular complexity index is 1140. The second-order valence-corrected chi connectivity index (χ2v) is 8.61. The number of alkyl halides is 3. The molecule has 8 heteroatoms. The lowest BCUT2D eigenvalue weighted by atomic mass is 9.92. The molecule has 3 rings (SSSR count). The molecular formula is C21H18F3NO3S. The molecule has 0 N–H and O–H groups in total. The van der Waals surface area contributed by atoms with Crippen LogP contribution in [-0.2, 0) is 16.0 Å². The van der Waals surface area contributed by atoms with Crippen molar-refractivity contribution in [1.82, 2.24) is 4.98 Å². The molecule has 0 aliphatic carbocycles. The fourth-order valence-electron chi connectivity index (χ4n) is 2.95. The van der Waals surface area contributed by atoms with Gasteiger partial charge >= 0.3 is 6.18 Å². The average Bonchev–Trinajstić information content (AvgIpc) is 2.66. The number of methoxy groups -OCH3 is 1. The quantitative estimate of drug-likeness (QED) is 0.584. The summed E-state index contributed by atoms with van der Waals surface area (Å²) < 4.78 is 70.0. The van der Waals surface area contributed by atoms with Crippen molar-refractivity contribution in [1.29, 1.82) is 0 Å². The van der Waals surface area contributed by atoms with Crippen molar-refractivity contribution in [3.05, 3.63) is 65.9 Å². The minimum absolute atomic E-state index is 0.0789. The summed E-state index contributed by atoms with van der Waals surface area (Å²) in [5.74, 6) is -0.185. The molecule has 29 heavy (non-hydrogen) atoms. The van der Waals surface area contributed by atoms with Crippen LogP contribution < -0.4 is 4.74 Å². The van der Waals surface area contributed by atoms with Crippen LogP contribution in [0.15, 0.2) is 59.5 Å². The summed E-state index contributed by atoms with van der Waals surface area (Å²) in [6, 6.07) is 13.7. The molecule has 0 aliphatic rings. The summed E-state index contributed by atoms with van der Waals surface area (Å²) in [6.45, 7) is 1.84. The van der Waals surface area contributed by atoms with Crippen LogP contribution in [0.2, 0.25) is 0 Å². The van der Waals surface area contributed by atoms with Crippen LogP contribution in [0.3, 0.4) is 0 Å². The maximum absolute atomic E-state index is 13.8. The highest BCUT2D eigenvalue weighted by atomic mass is 32.2. The number of sulfone groups is 1. The highest BCUT2D eigenvalue weighted by molar-refractivity contribution is 7.90. The van der Waals surface area contributed by atoms with Gasteiger partial charge in [0.05, 0.1) is 12.0 Å². The molecule has 0 radical (unpaired) electrons. The Labute approximate surface area is 166 Å². The number of halogens is 3. The highest BCUT2D eigenvalue weighted by Gasteiger charge is 2.38. The Morgan fingerprint density at radius 2 is 1.48 bits per heavy atom. The molecule has 0 spiro atoms. The van der Waals surface area contributed by atoms with Crippen LogP contribution in [-0.4, -0.2) is 26.8 Å². The van der Waals surface area contributed by atoms with E-state index in [9.17, 15) is 21.6 Å². The first-order valence-electron chi connectivity index (χ1n) is 8.54. The maximum atomic E-state index is 13.8. The van der Waals surface area contributed by atoms with E-state index in [-0.39, 0.29) is 21.9 Å². The van der Waals surface area contributed by atoms with Gasteiger partial charge in [0.1, 0.15) is 0 Å². The fraction of sp³-hybridized carbons (Fsp3) is 0.190. The Morgan fingerprint density at radius 1 is 0.931 bits per heavy atom. The number of nitrogens with zero attached hydrogens (tertiary/aromatic N) is 1. The van der Waals surface area contributed by atoms with E-state index in [4.69, 9.17) is 4.74 Å². The van der Waals surface area contributed by atoms with Gasteiger partial charge in [0.25, 0.3) is 0 Å². The number of pyridine rings is 1. The molecule has 0 aliphatic heterocycles. The zero-order valence-corrected chi connectivity index (χ0v) is 16.7. The van der Waals surface area contributed by atoms with Gasteiger partial charge < -0.3 is 4.74 Å². The average molecular weight is 421 g/mol. The normalized spacial score (nSPS) is 12.1. The summed E-state index contributed by atoms with van der Waals surface area (Å²) in [6.07, 6.45) is -3.65. The van der Waals surface area contributed by atoms with Crippen molar-refractivity contribution < 1.29 is 26.3 Å². The number of benzene rings is 2. The van der Waals surface area contributed by atoms with Crippen LogP contribution in [0.5, 0.6) is 5.88 Å². The first-order valence-corrected chi connectivity index (χ1v) is 10.4. The van der Waals surface area contributed by atoms with E-state index in [0.29, 0.717) is 11.1 Å². The monoisotopic (exact) mass is 421 g/mol. The molecule has 0 saturated heterocycles. The minimum Gasteiger partial charge on any atom is -0.481 e. The van der Waals surface area contributed by atoms with E-state index in [0.717, 1.165) is 11.8 Å².